The predicted octanol–water partition coefficient (Wildman–Crippen LogP) is 1.30. The van der Waals surface area contributed by atoms with Crippen molar-refractivity contribution in [1.29, 1.82) is 0 Å². The van der Waals surface area contributed by atoms with Crippen molar-refractivity contribution in [3.05, 3.63) is 16.1 Å². The van der Waals surface area contributed by atoms with E-state index in [0.717, 1.165) is 23.0 Å². The molecule has 1 aliphatic heterocycles. The van der Waals surface area contributed by atoms with Crippen molar-refractivity contribution >= 4 is 23.1 Å². The number of hydrogen-bond donors (Lipinski definition) is 1. The van der Waals surface area contributed by atoms with Gasteiger partial charge in [-0.1, -0.05) is 6.92 Å². The molecule has 1 N–H and O–H groups in total. The number of hydrogen-bond acceptors (Lipinski definition) is 4. The zero-order valence-electron chi connectivity index (χ0n) is 8.78. The molecule has 0 saturated carbocycles. The molecule has 1 aliphatic rings. The fourth-order valence-electron chi connectivity index (χ4n) is 1.53. The second-order valence-corrected chi connectivity index (χ2v) is 4.59. The molecule has 15 heavy (non-hydrogen) atoms. The number of carbonyl (C=O) groups is 1. The summed E-state index contributed by atoms with van der Waals surface area (Å²) in [6.45, 7) is 3.93. The fraction of sp³-hybridized carbons (Fsp3) is 0.500. The first-order valence-electron chi connectivity index (χ1n) is 4.97. The van der Waals surface area contributed by atoms with Crippen molar-refractivity contribution in [2.24, 2.45) is 4.99 Å². The van der Waals surface area contributed by atoms with E-state index in [2.05, 4.69) is 15.3 Å². The van der Waals surface area contributed by atoms with Gasteiger partial charge in [-0.25, -0.2) is 4.98 Å². The third-order valence-electron chi connectivity index (χ3n) is 2.28. The van der Waals surface area contributed by atoms with Gasteiger partial charge < -0.3 is 5.32 Å². The van der Waals surface area contributed by atoms with Gasteiger partial charge in [0.2, 0.25) is 5.91 Å². The van der Waals surface area contributed by atoms with E-state index >= 15 is 0 Å². The average molecular weight is 223 g/mol. The molecule has 1 amide bonds. The van der Waals surface area contributed by atoms with Crippen LogP contribution in [0.1, 0.15) is 24.0 Å². The van der Waals surface area contributed by atoms with Gasteiger partial charge in [0.25, 0.3) is 0 Å². The minimum atomic E-state index is -0.195. The lowest BCUT2D eigenvalue weighted by molar-refractivity contribution is -0.120. The maximum absolute atomic E-state index is 11.4. The third-order valence-corrected chi connectivity index (χ3v) is 3.11. The fourth-order valence-corrected chi connectivity index (χ4v) is 2.14. The van der Waals surface area contributed by atoms with Crippen LogP contribution in [0.2, 0.25) is 0 Å². The summed E-state index contributed by atoms with van der Waals surface area (Å²) in [5, 5.41) is 5.84. The molecule has 4 nitrogen and oxygen atoms in total. The van der Waals surface area contributed by atoms with E-state index in [4.69, 9.17) is 0 Å². The Morgan fingerprint density at radius 1 is 1.60 bits per heavy atom. The highest BCUT2D eigenvalue weighted by molar-refractivity contribution is 7.09. The van der Waals surface area contributed by atoms with E-state index in [-0.39, 0.29) is 11.9 Å². The first kappa shape index (κ1) is 10.3. The van der Waals surface area contributed by atoms with Gasteiger partial charge in [-0.3, -0.25) is 9.79 Å². The first-order valence-corrected chi connectivity index (χ1v) is 5.85. The van der Waals surface area contributed by atoms with E-state index in [9.17, 15) is 4.79 Å². The number of nitrogens with zero attached hydrogens (tertiary/aromatic N) is 2. The summed E-state index contributed by atoms with van der Waals surface area (Å²) in [6.07, 6.45) is 1.39. The van der Waals surface area contributed by atoms with Gasteiger partial charge in [0.1, 0.15) is 11.9 Å². The molecule has 1 unspecified atom stereocenters. The van der Waals surface area contributed by atoms with Crippen LogP contribution in [-0.2, 0) is 11.2 Å². The minimum absolute atomic E-state index is 0.0134. The molecule has 1 aromatic heterocycles. The number of amides is 1. The van der Waals surface area contributed by atoms with Crippen LogP contribution in [0.15, 0.2) is 10.4 Å². The quantitative estimate of drug-likeness (QED) is 0.839. The standard InChI is InChI=1S/C10H13N3OS/c1-3-8-10(14)13-9(12-8)4-7-5-15-6(2)11-7/h5,8H,3-4H2,1-2H3,(H,12,13,14). The molecule has 0 spiro atoms. The second kappa shape index (κ2) is 4.10. The molecule has 0 aromatic carbocycles. The summed E-state index contributed by atoms with van der Waals surface area (Å²) in [5.74, 6) is 0.761. The van der Waals surface area contributed by atoms with Crippen LogP contribution in [0.5, 0.6) is 0 Å². The van der Waals surface area contributed by atoms with Gasteiger partial charge in [0.05, 0.1) is 10.7 Å². The molecule has 0 bridgehead atoms. The number of amidine groups is 1. The predicted molar refractivity (Wildman–Crippen MR) is 60.2 cm³/mol. The van der Waals surface area contributed by atoms with Crippen LogP contribution in [0.25, 0.3) is 0 Å². The van der Waals surface area contributed by atoms with Gasteiger partial charge >= 0.3 is 0 Å². The number of carbonyl (C=O) groups excluding carboxylic acids is 1. The molecule has 0 radical (unpaired) electrons. The monoisotopic (exact) mass is 223 g/mol. The summed E-state index contributed by atoms with van der Waals surface area (Å²) in [5.41, 5.74) is 0.980. The van der Waals surface area contributed by atoms with Gasteiger partial charge in [0, 0.05) is 11.8 Å². The smallest absolute Gasteiger partial charge is 0.250 e. The Labute approximate surface area is 92.4 Å². The molecule has 0 aliphatic carbocycles. The lowest BCUT2D eigenvalue weighted by Gasteiger charge is -1.97. The van der Waals surface area contributed by atoms with Crippen molar-refractivity contribution in [2.75, 3.05) is 0 Å². The Bertz CT molecular complexity index is 411. The highest BCUT2D eigenvalue weighted by Crippen LogP contribution is 2.11. The summed E-state index contributed by atoms with van der Waals surface area (Å²) in [4.78, 5) is 20.0. The van der Waals surface area contributed by atoms with Crippen LogP contribution in [0.3, 0.4) is 0 Å². The maximum atomic E-state index is 11.4. The minimum Gasteiger partial charge on any atom is -0.312 e. The first-order chi connectivity index (χ1) is 7.19. The van der Waals surface area contributed by atoms with E-state index in [1.807, 2.05) is 19.2 Å². The molecule has 1 aromatic rings. The lowest BCUT2D eigenvalue weighted by Crippen LogP contribution is -2.29. The Morgan fingerprint density at radius 2 is 2.40 bits per heavy atom. The number of nitrogens with one attached hydrogen (secondary N) is 1. The van der Waals surface area contributed by atoms with Crippen LogP contribution >= 0.6 is 11.3 Å². The zero-order chi connectivity index (χ0) is 10.8. The normalized spacial score (nSPS) is 20.3. The molecule has 2 rings (SSSR count). The van der Waals surface area contributed by atoms with E-state index in [1.54, 1.807) is 11.3 Å². The molecule has 1 atom stereocenters. The summed E-state index contributed by atoms with van der Waals surface area (Å²) >= 11 is 1.62. The summed E-state index contributed by atoms with van der Waals surface area (Å²) < 4.78 is 0. The van der Waals surface area contributed by atoms with Crippen LogP contribution in [-0.4, -0.2) is 22.8 Å². The zero-order valence-corrected chi connectivity index (χ0v) is 9.60. The highest BCUT2D eigenvalue weighted by atomic mass is 32.1. The van der Waals surface area contributed by atoms with Crippen molar-refractivity contribution in [1.82, 2.24) is 10.3 Å². The molecule has 2 heterocycles. The Hall–Kier alpha value is -1.23. The molecular weight excluding hydrogens is 210 g/mol. The Kier molecular flexibility index (Phi) is 2.81. The lowest BCUT2D eigenvalue weighted by atomic mass is 10.2. The summed E-state index contributed by atoms with van der Waals surface area (Å²) in [6, 6.07) is -0.195. The largest absolute Gasteiger partial charge is 0.312 e. The van der Waals surface area contributed by atoms with Crippen molar-refractivity contribution in [3.8, 4) is 0 Å². The van der Waals surface area contributed by atoms with Crippen molar-refractivity contribution in [3.63, 3.8) is 0 Å². The van der Waals surface area contributed by atoms with Gasteiger partial charge in [-0.2, -0.15) is 0 Å². The summed E-state index contributed by atoms with van der Waals surface area (Å²) in [7, 11) is 0. The Morgan fingerprint density at radius 3 is 2.93 bits per heavy atom. The molecule has 5 heteroatoms. The molecule has 0 fully saturated rings. The van der Waals surface area contributed by atoms with Gasteiger partial charge in [0.15, 0.2) is 0 Å². The van der Waals surface area contributed by atoms with Crippen LogP contribution < -0.4 is 5.32 Å². The number of aromatic nitrogens is 1. The molecule has 0 saturated heterocycles. The SMILES string of the molecule is CCC1N=C(Cc2csc(C)n2)NC1=O. The van der Waals surface area contributed by atoms with Crippen molar-refractivity contribution < 1.29 is 4.79 Å². The number of rotatable bonds is 3. The average Bonchev–Trinajstić information content (AvgIpc) is 2.73. The third kappa shape index (κ3) is 2.23. The topological polar surface area (TPSA) is 54.4 Å². The Balaban J connectivity index is 2.05. The molecule has 80 valence electrons. The number of aliphatic imine (C=N–C) groups is 1. The van der Waals surface area contributed by atoms with E-state index < -0.39 is 0 Å². The highest BCUT2D eigenvalue weighted by Gasteiger charge is 2.24. The number of aryl methyl sites for hydroxylation is 1. The van der Waals surface area contributed by atoms with Gasteiger partial charge in [-0.15, -0.1) is 11.3 Å². The molecular formula is C10H13N3OS. The van der Waals surface area contributed by atoms with Gasteiger partial charge in [-0.05, 0) is 13.3 Å². The van der Waals surface area contributed by atoms with Crippen LogP contribution in [0, 0.1) is 6.92 Å². The van der Waals surface area contributed by atoms with E-state index in [0.29, 0.717) is 6.42 Å². The second-order valence-electron chi connectivity index (χ2n) is 3.52. The maximum Gasteiger partial charge on any atom is 0.250 e. The van der Waals surface area contributed by atoms with Crippen LogP contribution in [0.4, 0.5) is 0 Å². The number of thiazole rings is 1. The van der Waals surface area contributed by atoms with Crippen molar-refractivity contribution in [2.45, 2.75) is 32.7 Å². The van der Waals surface area contributed by atoms with E-state index in [1.165, 1.54) is 0 Å².